The minimum Gasteiger partial charge on any atom is -0.107 e. The summed E-state index contributed by atoms with van der Waals surface area (Å²) in [4.78, 5) is 0. The van der Waals surface area contributed by atoms with Crippen LogP contribution < -0.4 is 10.4 Å². The van der Waals surface area contributed by atoms with Gasteiger partial charge in [-0.1, -0.05) is 55.1 Å². The Bertz CT molecular complexity index is 484. The third-order valence-electron chi connectivity index (χ3n) is 3.16. The van der Waals surface area contributed by atoms with E-state index in [1.54, 1.807) is 10.4 Å². The Kier molecular flexibility index (Phi) is 2.04. The second-order valence-corrected chi connectivity index (χ2v) is 13.6. The summed E-state index contributed by atoms with van der Waals surface area (Å²) >= 11 is 2.69. The second kappa shape index (κ2) is 3.19. The standard InChI is InChI=1S/C13H11ISi/c1-15(14)12-8-4-2-6-10(12)11-7-3-5-9-13(11)15/h2-9H,1H3. The monoisotopic (exact) mass is 322 g/mol. The van der Waals surface area contributed by atoms with Crippen molar-refractivity contribution >= 4 is 37.7 Å². The average Bonchev–Trinajstić information content (AvgIpc) is 2.51. The first-order valence-corrected chi connectivity index (χ1v) is 10.7. The van der Waals surface area contributed by atoms with Crippen LogP contribution in [0.5, 0.6) is 0 Å². The summed E-state index contributed by atoms with van der Waals surface area (Å²) in [6.45, 7) is 2.43. The highest BCUT2D eigenvalue weighted by Crippen LogP contribution is 2.30. The van der Waals surface area contributed by atoms with Crippen LogP contribution in [0.25, 0.3) is 11.1 Å². The summed E-state index contributed by atoms with van der Waals surface area (Å²) in [7, 11) is 0. The van der Waals surface area contributed by atoms with Crippen LogP contribution in [-0.4, -0.2) is 5.57 Å². The highest BCUT2D eigenvalue weighted by atomic mass is 127. The van der Waals surface area contributed by atoms with Gasteiger partial charge in [-0.25, -0.2) is 0 Å². The summed E-state index contributed by atoms with van der Waals surface area (Å²) < 4.78 is 0. The molecule has 0 spiro atoms. The third kappa shape index (κ3) is 1.24. The third-order valence-corrected chi connectivity index (χ3v) is 9.54. The SMILES string of the molecule is C[Si]1(I)c2ccccc2-c2ccccc21. The minimum atomic E-state index is -1.41. The Morgan fingerprint density at radius 2 is 1.20 bits per heavy atom. The zero-order valence-electron chi connectivity index (χ0n) is 8.50. The van der Waals surface area contributed by atoms with Crippen LogP contribution in [0.15, 0.2) is 48.5 Å². The van der Waals surface area contributed by atoms with E-state index < -0.39 is 5.57 Å². The number of rotatable bonds is 0. The fourth-order valence-electron chi connectivity index (χ4n) is 2.40. The van der Waals surface area contributed by atoms with E-state index in [2.05, 4.69) is 76.9 Å². The zero-order valence-corrected chi connectivity index (χ0v) is 11.7. The number of hydrogen-bond acceptors (Lipinski definition) is 0. The maximum absolute atomic E-state index is 2.69. The van der Waals surface area contributed by atoms with Gasteiger partial charge in [0.15, 0.2) is 5.57 Å². The van der Waals surface area contributed by atoms with Crippen molar-refractivity contribution in [1.82, 2.24) is 0 Å². The fourth-order valence-corrected chi connectivity index (χ4v) is 7.78. The van der Waals surface area contributed by atoms with Gasteiger partial charge in [0.05, 0.1) is 0 Å². The normalized spacial score (nSPS) is 15.9. The van der Waals surface area contributed by atoms with E-state index in [9.17, 15) is 0 Å². The van der Waals surface area contributed by atoms with Crippen molar-refractivity contribution in [2.75, 3.05) is 0 Å². The first kappa shape index (κ1) is 9.60. The lowest BCUT2D eigenvalue weighted by Gasteiger charge is -2.15. The first-order valence-electron chi connectivity index (χ1n) is 5.09. The molecular weight excluding hydrogens is 311 g/mol. The highest BCUT2D eigenvalue weighted by molar-refractivity contribution is 14.1. The van der Waals surface area contributed by atoms with Crippen LogP contribution in [0.3, 0.4) is 0 Å². The summed E-state index contributed by atoms with van der Waals surface area (Å²) in [6.07, 6.45) is 0. The quantitative estimate of drug-likeness (QED) is 0.397. The minimum absolute atomic E-state index is 1.41. The molecule has 0 saturated heterocycles. The van der Waals surface area contributed by atoms with Crippen molar-refractivity contribution in [3.8, 4) is 11.1 Å². The molecule has 74 valence electrons. The van der Waals surface area contributed by atoms with E-state index in [1.165, 1.54) is 11.1 Å². The van der Waals surface area contributed by atoms with Gasteiger partial charge in [0.25, 0.3) is 0 Å². The molecule has 1 heterocycles. The van der Waals surface area contributed by atoms with Gasteiger partial charge in [-0.2, -0.15) is 0 Å². The Hall–Kier alpha value is -0.613. The molecule has 0 atom stereocenters. The van der Waals surface area contributed by atoms with Crippen LogP contribution >= 0.6 is 21.8 Å². The van der Waals surface area contributed by atoms with E-state index in [1.807, 2.05) is 0 Å². The van der Waals surface area contributed by atoms with Gasteiger partial charge < -0.3 is 0 Å². The maximum Gasteiger partial charge on any atom is 0.184 e. The molecule has 0 N–H and O–H groups in total. The van der Waals surface area contributed by atoms with Crippen molar-refractivity contribution in [2.24, 2.45) is 0 Å². The van der Waals surface area contributed by atoms with E-state index in [4.69, 9.17) is 0 Å². The van der Waals surface area contributed by atoms with Crippen molar-refractivity contribution in [1.29, 1.82) is 0 Å². The molecular formula is C13H11ISi. The van der Waals surface area contributed by atoms with Crippen LogP contribution in [0, 0.1) is 0 Å². The molecule has 3 rings (SSSR count). The number of hydrogen-bond donors (Lipinski definition) is 0. The topological polar surface area (TPSA) is 0 Å². The fraction of sp³-hybridized carbons (Fsp3) is 0.0769. The Morgan fingerprint density at radius 1 is 0.800 bits per heavy atom. The molecule has 1 aliphatic heterocycles. The Labute approximate surface area is 104 Å². The average molecular weight is 322 g/mol. The molecule has 0 fully saturated rings. The van der Waals surface area contributed by atoms with Crippen molar-refractivity contribution in [3.63, 3.8) is 0 Å². The van der Waals surface area contributed by atoms with E-state index in [0.29, 0.717) is 0 Å². The van der Waals surface area contributed by atoms with Crippen LogP contribution in [0.4, 0.5) is 0 Å². The smallest absolute Gasteiger partial charge is 0.107 e. The molecule has 2 aromatic carbocycles. The number of benzene rings is 2. The first-order chi connectivity index (χ1) is 7.21. The predicted octanol–water partition coefficient (Wildman–Crippen LogP) is 2.79. The van der Waals surface area contributed by atoms with E-state index >= 15 is 0 Å². The summed E-state index contributed by atoms with van der Waals surface area (Å²) in [5.74, 6) is 0. The molecule has 0 amide bonds. The lowest BCUT2D eigenvalue weighted by Crippen LogP contribution is -2.45. The zero-order chi connectivity index (χ0) is 10.5. The molecule has 2 heteroatoms. The summed E-state index contributed by atoms with van der Waals surface area (Å²) in [5.41, 5.74) is 1.50. The number of halogens is 1. The molecule has 2 aromatic rings. The molecule has 1 aliphatic rings. The highest BCUT2D eigenvalue weighted by Gasteiger charge is 2.38. The van der Waals surface area contributed by atoms with Gasteiger partial charge >= 0.3 is 0 Å². The lowest BCUT2D eigenvalue weighted by molar-refractivity contribution is 1.71. The van der Waals surface area contributed by atoms with Crippen molar-refractivity contribution < 1.29 is 0 Å². The van der Waals surface area contributed by atoms with Crippen molar-refractivity contribution in [2.45, 2.75) is 6.55 Å². The molecule has 0 nitrogen and oxygen atoms in total. The lowest BCUT2D eigenvalue weighted by atomic mass is 10.1. The van der Waals surface area contributed by atoms with Crippen LogP contribution in [0.2, 0.25) is 6.55 Å². The van der Waals surface area contributed by atoms with Gasteiger partial charge in [0, 0.05) is 0 Å². The molecule has 0 bridgehead atoms. The summed E-state index contributed by atoms with van der Waals surface area (Å²) in [6, 6.07) is 17.7. The Morgan fingerprint density at radius 3 is 1.67 bits per heavy atom. The van der Waals surface area contributed by atoms with E-state index in [-0.39, 0.29) is 0 Å². The molecule has 0 saturated carbocycles. The number of fused-ring (bicyclic) bond motifs is 3. The van der Waals surface area contributed by atoms with Crippen LogP contribution in [0.1, 0.15) is 0 Å². The van der Waals surface area contributed by atoms with E-state index in [0.717, 1.165) is 0 Å². The molecule has 0 aliphatic carbocycles. The van der Waals surface area contributed by atoms with Gasteiger partial charge in [0.1, 0.15) is 0 Å². The molecule has 0 radical (unpaired) electrons. The van der Waals surface area contributed by atoms with Gasteiger partial charge in [-0.3, -0.25) is 0 Å². The molecule has 15 heavy (non-hydrogen) atoms. The maximum atomic E-state index is 2.69. The second-order valence-electron chi connectivity index (χ2n) is 4.09. The van der Waals surface area contributed by atoms with Gasteiger partial charge in [-0.05, 0) is 21.5 Å². The Balaban J connectivity index is 2.42. The largest absolute Gasteiger partial charge is 0.184 e. The molecule has 0 unspecified atom stereocenters. The van der Waals surface area contributed by atoms with Crippen molar-refractivity contribution in [3.05, 3.63) is 48.5 Å². The van der Waals surface area contributed by atoms with Gasteiger partial charge in [0.2, 0.25) is 0 Å². The summed E-state index contributed by atoms with van der Waals surface area (Å²) in [5, 5.41) is 3.15. The van der Waals surface area contributed by atoms with Gasteiger partial charge in [-0.15, -0.1) is 21.8 Å². The molecule has 0 aromatic heterocycles. The predicted molar refractivity (Wildman–Crippen MR) is 76.8 cm³/mol. The van der Waals surface area contributed by atoms with Crippen LogP contribution in [-0.2, 0) is 0 Å².